The number of fused-ring (bicyclic) bond motifs is 20. The summed E-state index contributed by atoms with van der Waals surface area (Å²) in [6, 6.07) is 133. The number of H-pyrrole nitrogens is 1. The zero-order valence-corrected chi connectivity index (χ0v) is 78.8. The van der Waals surface area contributed by atoms with Crippen LogP contribution in [-0.2, 0) is 0 Å². The van der Waals surface area contributed by atoms with Crippen LogP contribution in [0.5, 0.6) is 0 Å². The van der Waals surface area contributed by atoms with Gasteiger partial charge in [0.25, 0.3) is 0 Å². The minimum absolute atomic E-state index is 0.446. The zero-order chi connectivity index (χ0) is 81.5. The number of anilines is 3. The molecule has 0 aliphatic rings. The molecule has 4 N–H and O–H groups in total. The number of nitrogens with one attached hydrogen (secondary N) is 2. The Morgan fingerprint density at radius 3 is 1.24 bits per heavy atom. The first-order chi connectivity index (χ1) is 58.3. The Hall–Kier alpha value is -9.04. The van der Waals surface area contributed by atoms with E-state index in [1.54, 1.807) is 23.5 Å². The van der Waals surface area contributed by atoms with E-state index in [4.69, 9.17) is 28.9 Å². The molecule has 0 saturated carbocycles. The van der Waals surface area contributed by atoms with Crippen LogP contribution in [0.25, 0.3) is 130 Å². The molecule has 23 rings (SSSR count). The molecule has 0 unspecified atom stereocenters. The van der Waals surface area contributed by atoms with Crippen molar-refractivity contribution >= 4 is 336 Å². The molecule has 0 bridgehead atoms. The Balaban J connectivity index is 0.000000103. The topological polar surface area (TPSA) is 58.8 Å². The molecule has 580 valence electrons. The van der Waals surface area contributed by atoms with E-state index in [-0.39, 0.29) is 0 Å². The molecular weight excluding hydrogens is 2040 g/mol. The van der Waals surface area contributed by atoms with Crippen molar-refractivity contribution < 1.29 is 0 Å². The second-order valence-electron chi connectivity index (χ2n) is 27.6. The van der Waals surface area contributed by atoms with Crippen molar-refractivity contribution in [2.75, 3.05) is 11.1 Å². The van der Waals surface area contributed by atoms with E-state index in [0.29, 0.717) is 10.7 Å². The molecule has 0 spiro atoms. The minimum atomic E-state index is -0.446. The van der Waals surface area contributed by atoms with Crippen LogP contribution in [0.2, 0.25) is 10.0 Å². The number of aromatic amines is 1. The summed E-state index contributed by atoms with van der Waals surface area (Å²) in [5.74, 6) is 0. The Kier molecular flexibility index (Phi) is 26.2. The van der Waals surface area contributed by atoms with Crippen molar-refractivity contribution in [2.45, 2.75) is 0 Å². The highest BCUT2D eigenvalue weighted by atomic mass is 127. The Labute approximate surface area is 771 Å². The van der Waals surface area contributed by atoms with E-state index >= 15 is 0 Å². The summed E-state index contributed by atoms with van der Waals surface area (Å²) in [5, 5.41) is 24.6. The molecule has 17 heteroatoms. The van der Waals surface area contributed by atoms with Gasteiger partial charge in [0.1, 0.15) is 0 Å². The molecule has 0 fully saturated rings. The van der Waals surface area contributed by atoms with Gasteiger partial charge < -0.3 is 20.6 Å². The van der Waals surface area contributed by atoms with Gasteiger partial charge in [-0.3, -0.25) is 0 Å². The molecule has 23 aromatic rings. The van der Waals surface area contributed by atoms with Gasteiger partial charge in [0.05, 0.1) is 57.8 Å². The van der Waals surface area contributed by atoms with Gasteiger partial charge in [-0.25, -0.2) is 0 Å². The fourth-order valence-corrected chi connectivity index (χ4v) is 25.6. The number of nitrogens with zero attached hydrogens (tertiary/aromatic N) is 1. The van der Waals surface area contributed by atoms with Crippen LogP contribution in [0.3, 0.4) is 0 Å². The number of para-hydroxylation sites is 5. The van der Waals surface area contributed by atoms with Crippen LogP contribution in [0, 0.1) is 3.57 Å². The summed E-state index contributed by atoms with van der Waals surface area (Å²) >= 11 is 39.9. The Bertz CT molecular complexity index is 7440. The van der Waals surface area contributed by atoms with Gasteiger partial charge in [-0.1, -0.05) is 348 Å². The second kappa shape index (κ2) is 37.9. The first-order valence-electron chi connectivity index (χ1n) is 37.9. The van der Waals surface area contributed by atoms with E-state index in [1.165, 1.54) is 149 Å². The number of halogens is 8. The maximum Gasteiger partial charge on any atom is 0.0731 e. The number of hydrogen-bond acceptors (Lipinski definition) is 6. The molecule has 0 atom stereocenters. The van der Waals surface area contributed by atoms with Crippen molar-refractivity contribution in [1.29, 1.82) is 0 Å². The number of nitrogens with two attached hydrogens (primary N) is 1. The van der Waals surface area contributed by atoms with E-state index in [0.717, 1.165) is 38.8 Å². The fourth-order valence-electron chi connectivity index (χ4n) is 14.7. The van der Waals surface area contributed by atoms with Gasteiger partial charge in [0, 0.05) is 125 Å². The summed E-state index contributed by atoms with van der Waals surface area (Å²) in [6.07, 6.45) is 0. The maximum atomic E-state index is 6.27. The van der Waals surface area contributed by atoms with Crippen LogP contribution >= 0.6 is 179 Å². The molecule has 6 heterocycles. The maximum absolute atomic E-state index is 6.27. The Morgan fingerprint density at radius 1 is 0.328 bits per heavy atom. The predicted octanol–water partition coefficient (Wildman–Crippen LogP) is 34.8. The number of thiophene rings is 4. The number of aromatic nitrogens is 2. The second-order valence-corrected chi connectivity index (χ2v) is 40.4. The van der Waals surface area contributed by atoms with Crippen molar-refractivity contribution in [2.24, 2.45) is 0 Å². The molecule has 4 nitrogen and oxygen atoms in total. The van der Waals surface area contributed by atoms with Gasteiger partial charge in [-0.05, 0) is 184 Å². The van der Waals surface area contributed by atoms with Crippen LogP contribution < -0.4 is 27.0 Å². The summed E-state index contributed by atoms with van der Waals surface area (Å²) in [4.78, 5) is 3.60. The average molecular weight is 2110 g/mol. The first kappa shape index (κ1) is 82.3. The van der Waals surface area contributed by atoms with Crippen LogP contribution in [-0.4, -0.2) is 9.55 Å². The zero-order valence-electron chi connectivity index (χ0n) is 63.0. The lowest BCUT2D eigenvalue weighted by atomic mass is 10.1. The van der Waals surface area contributed by atoms with Gasteiger partial charge in [0.15, 0.2) is 0 Å². The predicted molar refractivity (Wildman–Crippen MR) is 554 cm³/mol. The molecule has 119 heavy (non-hydrogen) atoms. The van der Waals surface area contributed by atoms with Crippen molar-refractivity contribution in [3.63, 3.8) is 0 Å². The van der Waals surface area contributed by atoms with Gasteiger partial charge >= 0.3 is 0 Å². The van der Waals surface area contributed by atoms with Crippen LogP contribution in [0.1, 0.15) is 0 Å². The smallest absolute Gasteiger partial charge is 0.0731 e. The third-order valence-corrected chi connectivity index (χ3v) is 31.7. The van der Waals surface area contributed by atoms with Gasteiger partial charge in [0.2, 0.25) is 0 Å². The highest BCUT2D eigenvalue weighted by Gasteiger charge is 2.22. The lowest BCUT2D eigenvalue weighted by Crippen LogP contribution is -2.20. The van der Waals surface area contributed by atoms with Crippen molar-refractivity contribution in [1.82, 2.24) is 9.55 Å². The number of rotatable bonds is 6. The molecule has 6 aromatic heterocycles. The monoisotopic (exact) mass is 2100 g/mol. The highest BCUT2D eigenvalue weighted by Crippen LogP contribution is 2.49. The Morgan fingerprint density at radius 2 is 0.723 bits per heavy atom. The first-order valence-corrected chi connectivity index (χ1v) is 48.3. The van der Waals surface area contributed by atoms with Crippen LogP contribution in [0.15, 0.2) is 405 Å². The standard InChI is InChI=1S/C24H14BrNS.C18H11BrClNS.C18H10BrNS.C18H15P.C12H6Br2S.C6H6ClN.C6H5I/c25-19-14-18-16-10-5-7-13-21(16)27-24(18)23-22(19)17-11-4-6-12-20(17)26(23)15-8-2-1-3-9-15;19-11-9-13-12-5-1-4-8-17(12)22-18(13)16(10-11)21-15-7-3-2-6-14(15)20;19-13-9-12-10-5-2-4-8-15(10)21-18(12)17-16(13)11-6-1-3-7-14(11)20-17;1-4-10-16(11-5-1)19(17-12-6-2-7-13-17)18-14-8-3-9-15-18;13-7-5-9-8-3-1-2-4-11(8)15-12(9)10(14)6-7;7-5-3-1-2-4-6(5)8;7-6-4-2-1-3-5-6/h1-14H;1-10,21H;1-9,20H;1-15H;1-6H;1-4H,8H2;1-5H. The summed E-state index contributed by atoms with van der Waals surface area (Å²) < 4.78 is 19.9. The largest absolute Gasteiger partial charge is 0.398 e. The summed E-state index contributed by atoms with van der Waals surface area (Å²) in [6.45, 7) is 0. The summed E-state index contributed by atoms with van der Waals surface area (Å²) in [7, 11) is -0.446. The average Bonchev–Trinajstić information content (AvgIpc) is 1.52. The van der Waals surface area contributed by atoms with Crippen molar-refractivity contribution in [3.05, 3.63) is 418 Å². The number of nitrogen functional groups attached to an aromatic ring is 1. The summed E-state index contributed by atoms with van der Waals surface area (Å²) in [5.41, 5.74) is 14.2. The van der Waals surface area contributed by atoms with E-state index in [2.05, 4.69) is 433 Å². The molecule has 0 saturated heterocycles. The highest BCUT2D eigenvalue weighted by molar-refractivity contribution is 14.1. The van der Waals surface area contributed by atoms with Gasteiger partial charge in [-0.2, -0.15) is 0 Å². The molecule has 17 aromatic carbocycles. The lowest BCUT2D eigenvalue weighted by molar-refractivity contribution is 1.19. The minimum Gasteiger partial charge on any atom is -0.398 e. The molecule has 0 aliphatic carbocycles. The lowest BCUT2D eigenvalue weighted by Gasteiger charge is -2.18. The molecular formula is C102H67Br5Cl2IN4PS4. The van der Waals surface area contributed by atoms with E-state index in [9.17, 15) is 0 Å². The molecule has 0 radical (unpaired) electrons. The molecule has 0 aliphatic heterocycles. The normalized spacial score (nSPS) is 11.1. The van der Waals surface area contributed by atoms with E-state index in [1.807, 2.05) is 88.6 Å². The molecule has 0 amide bonds. The number of benzene rings is 17. The quantitative estimate of drug-likeness (QED) is 0.0883. The fraction of sp³-hybridized carbons (Fsp3) is 0. The van der Waals surface area contributed by atoms with E-state index < -0.39 is 7.92 Å². The third-order valence-electron chi connectivity index (χ3n) is 20.0. The number of hydrogen-bond donors (Lipinski definition) is 3. The SMILES string of the molecule is Brc1cc(Br)c2sc3ccccc3c2c1.Brc1cc2c3ccccc3sc2c2[nH]c3ccccc3c12.Brc1cc2c3ccccc3sc2c2c1c1ccccc1n2-c1ccccc1.Clc1ccccc1Nc1cc(Br)cc2c1sc1ccccc12.Ic1ccccc1.Nc1ccccc1Cl.c1ccc(P(c2ccccc2)c2ccccc2)cc1. The van der Waals surface area contributed by atoms with Gasteiger partial charge in [-0.15, -0.1) is 45.3 Å². The van der Waals surface area contributed by atoms with Crippen molar-refractivity contribution in [3.8, 4) is 5.69 Å². The third kappa shape index (κ3) is 18.0. The van der Waals surface area contributed by atoms with Crippen LogP contribution in [0.4, 0.5) is 17.1 Å².